The van der Waals surface area contributed by atoms with Crippen molar-refractivity contribution in [3.8, 4) is 5.75 Å². The molecule has 22 heavy (non-hydrogen) atoms. The summed E-state index contributed by atoms with van der Waals surface area (Å²) >= 11 is 0. The van der Waals surface area contributed by atoms with Gasteiger partial charge >= 0.3 is 12.1 Å². The third-order valence-electron chi connectivity index (χ3n) is 2.61. The number of ether oxygens (including phenoxy) is 2. The number of carboxylic acids is 1. The molecule has 0 unspecified atom stereocenters. The molecule has 1 aromatic rings. The zero-order valence-corrected chi connectivity index (χ0v) is 13.0. The lowest BCUT2D eigenvalue weighted by atomic mass is 10.1. The predicted octanol–water partition coefficient (Wildman–Crippen LogP) is 2.55. The van der Waals surface area contributed by atoms with E-state index in [1.54, 1.807) is 20.8 Å². The van der Waals surface area contributed by atoms with E-state index in [0.717, 1.165) is 0 Å². The van der Waals surface area contributed by atoms with Gasteiger partial charge in [0.25, 0.3) is 0 Å². The van der Waals surface area contributed by atoms with Crippen LogP contribution < -0.4 is 10.1 Å². The van der Waals surface area contributed by atoms with Crippen LogP contribution in [0.4, 0.5) is 10.5 Å². The zero-order chi connectivity index (χ0) is 16.9. The monoisotopic (exact) mass is 311 g/mol. The van der Waals surface area contributed by atoms with Crippen molar-refractivity contribution in [3.05, 3.63) is 23.8 Å². The largest absolute Gasteiger partial charge is 0.495 e. The number of rotatable bonds is 5. The number of nitrogens with one attached hydrogen (secondary N) is 1. The second-order valence-electron chi connectivity index (χ2n) is 5.70. The van der Waals surface area contributed by atoms with E-state index in [1.807, 2.05) is 0 Å². The first-order valence-electron chi connectivity index (χ1n) is 6.70. The quantitative estimate of drug-likeness (QED) is 0.772. The van der Waals surface area contributed by atoms with Crippen LogP contribution in [0.15, 0.2) is 18.2 Å². The summed E-state index contributed by atoms with van der Waals surface area (Å²) in [5, 5.41) is 21.0. The van der Waals surface area contributed by atoms with Gasteiger partial charge < -0.3 is 19.7 Å². The van der Waals surface area contributed by atoms with Gasteiger partial charge in [-0.3, -0.25) is 10.1 Å². The number of methoxy groups -OCH3 is 1. The molecule has 122 valence electrons. The van der Waals surface area contributed by atoms with Crippen molar-refractivity contribution in [1.29, 1.82) is 0 Å². The van der Waals surface area contributed by atoms with Crippen LogP contribution in [0.3, 0.4) is 0 Å². The number of hydrogen-bond donors (Lipinski definition) is 3. The van der Waals surface area contributed by atoms with Gasteiger partial charge in [0, 0.05) is 0 Å². The summed E-state index contributed by atoms with van der Waals surface area (Å²) in [7, 11) is 1.41. The number of carboxylic acid groups (broad SMARTS) is 1. The fourth-order valence-electron chi connectivity index (χ4n) is 1.72. The van der Waals surface area contributed by atoms with Gasteiger partial charge in [-0.1, -0.05) is 6.07 Å². The molecule has 0 radical (unpaired) electrons. The first-order chi connectivity index (χ1) is 10.1. The van der Waals surface area contributed by atoms with Crippen molar-refractivity contribution in [1.82, 2.24) is 0 Å². The average molecular weight is 311 g/mol. The third kappa shape index (κ3) is 5.61. The molecule has 0 fully saturated rings. The molecule has 0 aliphatic carbocycles. The number of aliphatic hydroxyl groups is 1. The van der Waals surface area contributed by atoms with Gasteiger partial charge in [0.2, 0.25) is 0 Å². The third-order valence-corrected chi connectivity index (χ3v) is 2.61. The van der Waals surface area contributed by atoms with Crippen molar-refractivity contribution < 1.29 is 29.3 Å². The number of anilines is 1. The molecule has 1 atom stereocenters. The highest BCUT2D eigenvalue weighted by Gasteiger charge is 2.19. The highest BCUT2D eigenvalue weighted by Crippen LogP contribution is 2.29. The summed E-state index contributed by atoms with van der Waals surface area (Å²) in [6.45, 7) is 5.24. The topological polar surface area (TPSA) is 105 Å². The molecule has 3 N–H and O–H groups in total. The fourth-order valence-corrected chi connectivity index (χ4v) is 1.72. The molecular weight excluding hydrogens is 290 g/mol. The van der Waals surface area contributed by atoms with Gasteiger partial charge in [-0.15, -0.1) is 0 Å². The molecule has 1 rings (SSSR count). The summed E-state index contributed by atoms with van der Waals surface area (Å²) < 4.78 is 10.3. The normalized spacial score (nSPS) is 12.4. The van der Waals surface area contributed by atoms with E-state index in [4.69, 9.17) is 14.6 Å². The molecule has 0 saturated carbocycles. The molecule has 1 amide bonds. The summed E-state index contributed by atoms with van der Waals surface area (Å²) in [5.41, 5.74) is 0.117. The summed E-state index contributed by atoms with van der Waals surface area (Å²) in [6, 6.07) is 4.51. The second-order valence-corrected chi connectivity index (χ2v) is 5.70. The Morgan fingerprint density at radius 3 is 2.45 bits per heavy atom. The Morgan fingerprint density at radius 2 is 1.95 bits per heavy atom. The second kappa shape index (κ2) is 7.13. The number of aliphatic hydroxyl groups excluding tert-OH is 1. The van der Waals surface area contributed by atoms with Crippen LogP contribution >= 0.6 is 0 Å². The average Bonchev–Trinajstić information content (AvgIpc) is 2.35. The first-order valence-corrected chi connectivity index (χ1v) is 6.70. The van der Waals surface area contributed by atoms with E-state index in [-0.39, 0.29) is 0 Å². The predicted molar refractivity (Wildman–Crippen MR) is 80.1 cm³/mol. The van der Waals surface area contributed by atoms with E-state index in [0.29, 0.717) is 17.0 Å². The van der Waals surface area contributed by atoms with Gasteiger partial charge in [-0.05, 0) is 38.5 Å². The molecule has 0 spiro atoms. The lowest BCUT2D eigenvalue weighted by Gasteiger charge is -2.20. The summed E-state index contributed by atoms with van der Waals surface area (Å²) in [4.78, 5) is 22.4. The SMILES string of the molecule is COc1cc([C@H](O)CC(=O)O)ccc1NC(=O)OC(C)(C)C. The Kier molecular flexibility index (Phi) is 5.76. The molecule has 0 aromatic heterocycles. The minimum absolute atomic E-state index is 0.299. The molecule has 0 aliphatic rings. The molecule has 7 nitrogen and oxygen atoms in total. The minimum Gasteiger partial charge on any atom is -0.495 e. The Bertz CT molecular complexity index is 549. The standard InChI is InChI=1S/C15H21NO6/c1-15(2,3)22-14(20)16-10-6-5-9(7-12(10)21-4)11(17)8-13(18)19/h5-7,11,17H,8H2,1-4H3,(H,16,20)(H,18,19)/t11-/m1/s1. The van der Waals surface area contributed by atoms with Crippen LogP contribution in [-0.4, -0.2) is 35.0 Å². The first kappa shape index (κ1) is 17.8. The molecule has 0 saturated heterocycles. The molecule has 0 aliphatic heterocycles. The van der Waals surface area contributed by atoms with Crippen molar-refractivity contribution in [3.63, 3.8) is 0 Å². The van der Waals surface area contributed by atoms with Crippen molar-refractivity contribution in [2.45, 2.75) is 38.9 Å². The minimum atomic E-state index is -1.15. The molecular formula is C15H21NO6. The molecule has 7 heteroatoms. The van der Waals surface area contributed by atoms with Crippen LogP contribution in [0, 0.1) is 0 Å². The molecule has 1 aromatic carbocycles. The Morgan fingerprint density at radius 1 is 1.32 bits per heavy atom. The number of carbonyl (C=O) groups is 2. The van der Waals surface area contributed by atoms with E-state index in [2.05, 4.69) is 5.32 Å². The van der Waals surface area contributed by atoms with Crippen molar-refractivity contribution in [2.75, 3.05) is 12.4 Å². The Balaban J connectivity index is 2.89. The summed E-state index contributed by atoms with van der Waals surface area (Å²) in [6.07, 6.45) is -2.20. The smallest absolute Gasteiger partial charge is 0.412 e. The number of amides is 1. The summed E-state index contributed by atoms with van der Waals surface area (Å²) in [5.74, 6) is -0.810. The van der Waals surface area contributed by atoms with Crippen LogP contribution in [0.2, 0.25) is 0 Å². The maximum Gasteiger partial charge on any atom is 0.412 e. The number of benzene rings is 1. The van der Waals surface area contributed by atoms with Gasteiger partial charge in [-0.2, -0.15) is 0 Å². The number of aliphatic carboxylic acids is 1. The molecule has 0 heterocycles. The van der Waals surface area contributed by atoms with E-state index in [1.165, 1.54) is 25.3 Å². The van der Waals surface area contributed by atoms with Crippen LogP contribution in [0.5, 0.6) is 5.75 Å². The van der Waals surface area contributed by atoms with E-state index in [9.17, 15) is 14.7 Å². The lowest BCUT2D eigenvalue weighted by Crippen LogP contribution is -2.27. The fraction of sp³-hybridized carbons (Fsp3) is 0.467. The Labute approximate surface area is 128 Å². The van der Waals surface area contributed by atoms with Crippen LogP contribution in [0.25, 0.3) is 0 Å². The van der Waals surface area contributed by atoms with Crippen molar-refractivity contribution >= 4 is 17.7 Å². The highest BCUT2D eigenvalue weighted by molar-refractivity contribution is 5.87. The van der Waals surface area contributed by atoms with Gasteiger partial charge in [0.1, 0.15) is 11.4 Å². The maximum absolute atomic E-state index is 11.7. The zero-order valence-electron chi connectivity index (χ0n) is 13.0. The van der Waals surface area contributed by atoms with E-state index < -0.39 is 30.2 Å². The van der Waals surface area contributed by atoms with Gasteiger partial charge in [0.05, 0.1) is 25.3 Å². The lowest BCUT2D eigenvalue weighted by molar-refractivity contribution is -0.139. The highest BCUT2D eigenvalue weighted by atomic mass is 16.6. The van der Waals surface area contributed by atoms with Crippen molar-refractivity contribution in [2.24, 2.45) is 0 Å². The van der Waals surface area contributed by atoms with Gasteiger partial charge in [0.15, 0.2) is 0 Å². The van der Waals surface area contributed by atoms with Gasteiger partial charge in [-0.25, -0.2) is 4.79 Å². The molecule has 0 bridgehead atoms. The van der Waals surface area contributed by atoms with Crippen LogP contribution in [0.1, 0.15) is 38.9 Å². The number of hydrogen-bond acceptors (Lipinski definition) is 5. The number of carbonyl (C=O) groups excluding carboxylic acids is 1. The maximum atomic E-state index is 11.7. The van der Waals surface area contributed by atoms with Crippen LogP contribution in [-0.2, 0) is 9.53 Å². The van der Waals surface area contributed by atoms with E-state index >= 15 is 0 Å². The Hall–Kier alpha value is -2.28.